The average molecular weight is 333 g/mol. The van der Waals surface area contributed by atoms with E-state index in [0.29, 0.717) is 25.3 Å². The molecular formula is C14H17F2NO4S. The van der Waals surface area contributed by atoms with Crippen molar-refractivity contribution in [2.45, 2.75) is 37.1 Å². The van der Waals surface area contributed by atoms with Gasteiger partial charge in [-0.1, -0.05) is 0 Å². The Kier molecular flexibility index (Phi) is 5.12. The van der Waals surface area contributed by atoms with E-state index in [1.807, 2.05) is 0 Å². The van der Waals surface area contributed by atoms with Crippen LogP contribution in [0, 0.1) is 11.6 Å². The lowest BCUT2D eigenvalue weighted by Crippen LogP contribution is -2.48. The number of carbonyl (C=O) groups excluding carboxylic acids is 1. The third-order valence-corrected chi connectivity index (χ3v) is 5.41. The molecule has 0 N–H and O–H groups in total. The van der Waals surface area contributed by atoms with Crippen molar-refractivity contribution in [3.63, 3.8) is 0 Å². The van der Waals surface area contributed by atoms with Crippen molar-refractivity contribution in [1.82, 2.24) is 4.31 Å². The van der Waals surface area contributed by atoms with Gasteiger partial charge >= 0.3 is 5.97 Å². The molecular weight excluding hydrogens is 316 g/mol. The van der Waals surface area contributed by atoms with Crippen molar-refractivity contribution in [3.05, 3.63) is 29.8 Å². The van der Waals surface area contributed by atoms with Gasteiger partial charge in [0.2, 0.25) is 10.0 Å². The first-order valence-electron chi connectivity index (χ1n) is 7.01. The van der Waals surface area contributed by atoms with Gasteiger partial charge in [0.05, 0.1) is 11.5 Å². The number of sulfonamides is 1. The van der Waals surface area contributed by atoms with E-state index in [1.54, 1.807) is 6.92 Å². The number of halogens is 2. The summed E-state index contributed by atoms with van der Waals surface area (Å²) in [4.78, 5) is 11.6. The molecule has 5 nitrogen and oxygen atoms in total. The van der Waals surface area contributed by atoms with E-state index < -0.39 is 33.7 Å². The second-order valence-corrected chi connectivity index (χ2v) is 6.85. The summed E-state index contributed by atoms with van der Waals surface area (Å²) in [7, 11) is -4.09. The standard InChI is InChI=1S/C14H17F2NO4S/c1-2-21-14(18)13-5-3-4-8-17(13)22(19,20)10-6-7-11(15)12(16)9-10/h6-7,9,13H,2-5,8H2,1H3. The topological polar surface area (TPSA) is 63.7 Å². The number of hydrogen-bond acceptors (Lipinski definition) is 4. The normalized spacial score (nSPS) is 19.9. The van der Waals surface area contributed by atoms with Crippen LogP contribution >= 0.6 is 0 Å². The second-order valence-electron chi connectivity index (χ2n) is 4.96. The van der Waals surface area contributed by atoms with Gasteiger partial charge in [0, 0.05) is 6.54 Å². The average Bonchev–Trinajstić information content (AvgIpc) is 2.50. The summed E-state index contributed by atoms with van der Waals surface area (Å²) in [6.07, 6.45) is 1.65. The van der Waals surface area contributed by atoms with E-state index in [2.05, 4.69) is 0 Å². The SMILES string of the molecule is CCOC(=O)C1CCCCN1S(=O)(=O)c1ccc(F)c(F)c1. The number of rotatable bonds is 4. The van der Waals surface area contributed by atoms with Gasteiger partial charge in [0.1, 0.15) is 6.04 Å². The fourth-order valence-electron chi connectivity index (χ4n) is 2.44. The molecule has 122 valence electrons. The summed E-state index contributed by atoms with van der Waals surface area (Å²) >= 11 is 0. The zero-order chi connectivity index (χ0) is 16.3. The zero-order valence-corrected chi connectivity index (χ0v) is 12.9. The van der Waals surface area contributed by atoms with E-state index in [0.717, 1.165) is 16.4 Å². The molecule has 1 unspecified atom stereocenters. The van der Waals surface area contributed by atoms with Gasteiger partial charge in [0.15, 0.2) is 11.6 Å². The van der Waals surface area contributed by atoms with Crippen LogP contribution in [-0.2, 0) is 19.6 Å². The van der Waals surface area contributed by atoms with Crippen LogP contribution in [0.5, 0.6) is 0 Å². The van der Waals surface area contributed by atoms with Crippen LogP contribution in [0.1, 0.15) is 26.2 Å². The predicted octanol–water partition coefficient (Wildman–Crippen LogP) is 2.07. The molecule has 1 atom stereocenters. The molecule has 0 amide bonds. The van der Waals surface area contributed by atoms with Crippen LogP contribution in [0.2, 0.25) is 0 Å². The van der Waals surface area contributed by atoms with Gasteiger partial charge in [-0.05, 0) is 44.4 Å². The molecule has 1 fully saturated rings. The Morgan fingerprint density at radius 3 is 2.68 bits per heavy atom. The number of hydrogen-bond donors (Lipinski definition) is 0. The Morgan fingerprint density at radius 2 is 2.05 bits per heavy atom. The number of piperidine rings is 1. The van der Waals surface area contributed by atoms with Crippen LogP contribution in [-0.4, -0.2) is 37.9 Å². The van der Waals surface area contributed by atoms with E-state index in [-0.39, 0.29) is 18.0 Å². The molecule has 0 saturated carbocycles. The van der Waals surface area contributed by atoms with Gasteiger partial charge in [-0.3, -0.25) is 4.79 Å². The molecule has 1 aliphatic heterocycles. The maximum Gasteiger partial charge on any atom is 0.324 e. The highest BCUT2D eigenvalue weighted by Gasteiger charge is 2.38. The highest BCUT2D eigenvalue weighted by molar-refractivity contribution is 7.89. The highest BCUT2D eigenvalue weighted by atomic mass is 32.2. The monoisotopic (exact) mass is 333 g/mol. The minimum absolute atomic E-state index is 0.144. The third kappa shape index (κ3) is 3.27. The first-order chi connectivity index (χ1) is 10.4. The summed E-state index contributed by atoms with van der Waals surface area (Å²) in [6.45, 7) is 1.92. The molecule has 2 rings (SSSR count). The fourth-order valence-corrected chi connectivity index (χ4v) is 4.10. The highest BCUT2D eigenvalue weighted by Crippen LogP contribution is 2.27. The first-order valence-corrected chi connectivity index (χ1v) is 8.45. The van der Waals surface area contributed by atoms with Crippen LogP contribution in [0.25, 0.3) is 0 Å². The quantitative estimate of drug-likeness (QED) is 0.792. The summed E-state index contributed by atoms with van der Waals surface area (Å²) in [5.41, 5.74) is 0. The van der Waals surface area contributed by atoms with Gasteiger partial charge in [0.25, 0.3) is 0 Å². The van der Waals surface area contributed by atoms with Crippen molar-refractivity contribution in [2.24, 2.45) is 0 Å². The van der Waals surface area contributed by atoms with Crippen molar-refractivity contribution >= 4 is 16.0 Å². The molecule has 1 aliphatic rings. The van der Waals surface area contributed by atoms with Crippen LogP contribution in [0.15, 0.2) is 23.1 Å². The van der Waals surface area contributed by atoms with E-state index >= 15 is 0 Å². The molecule has 1 saturated heterocycles. The lowest BCUT2D eigenvalue weighted by molar-refractivity contribution is -0.148. The second kappa shape index (κ2) is 6.70. The van der Waals surface area contributed by atoms with Gasteiger partial charge in [-0.2, -0.15) is 4.31 Å². The molecule has 8 heteroatoms. The minimum atomic E-state index is -4.09. The maximum absolute atomic E-state index is 13.3. The molecule has 0 aromatic heterocycles. The van der Waals surface area contributed by atoms with Crippen molar-refractivity contribution in [2.75, 3.05) is 13.2 Å². The maximum atomic E-state index is 13.3. The molecule has 0 bridgehead atoms. The van der Waals surface area contributed by atoms with Crippen LogP contribution in [0.3, 0.4) is 0 Å². The predicted molar refractivity (Wildman–Crippen MR) is 74.5 cm³/mol. The molecule has 0 radical (unpaired) electrons. The van der Waals surface area contributed by atoms with Crippen molar-refractivity contribution in [1.29, 1.82) is 0 Å². The Morgan fingerprint density at radius 1 is 1.32 bits per heavy atom. The van der Waals surface area contributed by atoms with Gasteiger partial charge < -0.3 is 4.74 Å². The van der Waals surface area contributed by atoms with E-state index in [1.165, 1.54) is 0 Å². The Balaban J connectivity index is 2.36. The van der Waals surface area contributed by atoms with Crippen molar-refractivity contribution < 1.29 is 26.7 Å². The van der Waals surface area contributed by atoms with E-state index in [9.17, 15) is 22.0 Å². The summed E-state index contributed by atoms with van der Waals surface area (Å²) < 4.78 is 57.4. The first kappa shape index (κ1) is 16.8. The fraction of sp³-hybridized carbons (Fsp3) is 0.500. The summed E-state index contributed by atoms with van der Waals surface area (Å²) in [5, 5.41) is 0. The smallest absolute Gasteiger partial charge is 0.324 e. The number of benzene rings is 1. The molecule has 1 heterocycles. The zero-order valence-electron chi connectivity index (χ0n) is 12.1. The summed E-state index contributed by atoms with van der Waals surface area (Å²) in [5.74, 6) is -2.99. The number of esters is 1. The van der Waals surface area contributed by atoms with Crippen molar-refractivity contribution in [3.8, 4) is 0 Å². The molecule has 22 heavy (non-hydrogen) atoms. The van der Waals surface area contributed by atoms with Crippen LogP contribution in [0.4, 0.5) is 8.78 Å². The third-order valence-electron chi connectivity index (χ3n) is 3.51. The van der Waals surface area contributed by atoms with E-state index in [4.69, 9.17) is 4.74 Å². The minimum Gasteiger partial charge on any atom is -0.465 e. The Labute approximate surface area is 127 Å². The lowest BCUT2D eigenvalue weighted by Gasteiger charge is -2.32. The number of carbonyl (C=O) groups is 1. The largest absolute Gasteiger partial charge is 0.465 e. The molecule has 1 aromatic rings. The van der Waals surface area contributed by atoms with Crippen LogP contribution < -0.4 is 0 Å². The molecule has 0 aliphatic carbocycles. The Bertz CT molecular complexity index is 663. The molecule has 0 spiro atoms. The van der Waals surface area contributed by atoms with Gasteiger partial charge in [-0.25, -0.2) is 17.2 Å². The number of ether oxygens (including phenoxy) is 1. The lowest BCUT2D eigenvalue weighted by atomic mass is 10.1. The Hall–Kier alpha value is -1.54. The number of nitrogens with zero attached hydrogens (tertiary/aromatic N) is 1. The molecule has 1 aromatic carbocycles. The van der Waals surface area contributed by atoms with Gasteiger partial charge in [-0.15, -0.1) is 0 Å². The summed E-state index contributed by atoms with van der Waals surface area (Å²) in [6, 6.07) is 1.45.